The van der Waals surface area contributed by atoms with Gasteiger partial charge in [-0.1, -0.05) is 29.8 Å². The van der Waals surface area contributed by atoms with Crippen molar-refractivity contribution in [3.05, 3.63) is 59.0 Å². The van der Waals surface area contributed by atoms with Crippen molar-refractivity contribution in [3.63, 3.8) is 0 Å². The molecule has 0 saturated carbocycles. The van der Waals surface area contributed by atoms with Crippen LogP contribution in [-0.4, -0.2) is 25.4 Å². The largest absolute Gasteiger partial charge is 0.459 e. The Morgan fingerprint density at radius 1 is 1.18 bits per heavy atom. The van der Waals surface area contributed by atoms with Crippen molar-refractivity contribution in [3.8, 4) is 0 Å². The van der Waals surface area contributed by atoms with Crippen molar-refractivity contribution < 1.29 is 18.9 Å². The van der Waals surface area contributed by atoms with E-state index in [-0.39, 0.29) is 18.2 Å². The Kier molecular flexibility index (Phi) is 5.57. The normalized spacial score (nSPS) is 11.7. The van der Waals surface area contributed by atoms with Gasteiger partial charge in [0.25, 0.3) is 5.91 Å². The number of furan rings is 1. The molecule has 6 nitrogen and oxygen atoms in total. The van der Waals surface area contributed by atoms with Crippen LogP contribution in [-0.2, 0) is 11.3 Å². The number of benzene rings is 1. The van der Waals surface area contributed by atoms with Crippen molar-refractivity contribution in [1.82, 2.24) is 10.9 Å². The molecule has 0 bridgehead atoms. The summed E-state index contributed by atoms with van der Waals surface area (Å²) in [5.41, 5.74) is 5.61. The summed E-state index contributed by atoms with van der Waals surface area (Å²) in [6.07, 6.45) is 1.39. The number of amides is 2. The zero-order valence-corrected chi connectivity index (χ0v) is 12.8. The summed E-state index contributed by atoms with van der Waals surface area (Å²) in [7, 11) is 1.87. The number of likely N-dealkylation sites (N-methyl/N-ethyl adjacent to an activating group) is 1. The lowest BCUT2D eigenvalue weighted by atomic mass is 10.2. The van der Waals surface area contributed by atoms with Gasteiger partial charge in [0.15, 0.2) is 12.3 Å². The van der Waals surface area contributed by atoms with Crippen molar-refractivity contribution in [2.75, 3.05) is 13.6 Å². The number of hydrogen-bond donors (Lipinski definition) is 3. The van der Waals surface area contributed by atoms with E-state index in [1.807, 2.05) is 31.3 Å². The van der Waals surface area contributed by atoms with E-state index in [0.717, 1.165) is 10.5 Å². The molecule has 0 aliphatic carbocycles. The SMILES string of the molecule is C[NH+](CC(=O)NNC(=O)c1ccco1)Cc1ccccc1Cl. The number of hydrogen-bond acceptors (Lipinski definition) is 3. The van der Waals surface area contributed by atoms with E-state index in [4.69, 9.17) is 16.0 Å². The predicted molar refractivity (Wildman–Crippen MR) is 81.2 cm³/mol. The molecule has 0 spiro atoms. The van der Waals surface area contributed by atoms with Gasteiger partial charge in [0.05, 0.1) is 13.3 Å². The van der Waals surface area contributed by atoms with Gasteiger partial charge in [-0.3, -0.25) is 20.4 Å². The summed E-state index contributed by atoms with van der Waals surface area (Å²) in [6.45, 7) is 0.808. The van der Waals surface area contributed by atoms with Gasteiger partial charge < -0.3 is 9.32 Å². The summed E-state index contributed by atoms with van der Waals surface area (Å²) in [5.74, 6) is -0.663. The fraction of sp³-hybridized carbons (Fsp3) is 0.200. The lowest BCUT2D eigenvalue weighted by molar-refractivity contribution is -0.885. The average Bonchev–Trinajstić information content (AvgIpc) is 3.01. The van der Waals surface area contributed by atoms with Crippen LogP contribution in [0.25, 0.3) is 0 Å². The Morgan fingerprint density at radius 3 is 2.64 bits per heavy atom. The van der Waals surface area contributed by atoms with Crippen molar-refractivity contribution in [2.24, 2.45) is 0 Å². The molecule has 3 N–H and O–H groups in total. The molecule has 1 atom stereocenters. The maximum atomic E-state index is 11.8. The highest BCUT2D eigenvalue weighted by atomic mass is 35.5. The van der Waals surface area contributed by atoms with Crippen LogP contribution >= 0.6 is 11.6 Å². The van der Waals surface area contributed by atoms with Crippen LogP contribution < -0.4 is 15.8 Å². The summed E-state index contributed by atoms with van der Waals surface area (Å²) in [4.78, 5) is 24.3. The van der Waals surface area contributed by atoms with Gasteiger partial charge in [-0.25, -0.2) is 0 Å². The third-order valence-electron chi connectivity index (χ3n) is 2.97. The smallest absolute Gasteiger partial charge is 0.305 e. The van der Waals surface area contributed by atoms with E-state index in [9.17, 15) is 9.59 Å². The van der Waals surface area contributed by atoms with E-state index in [1.165, 1.54) is 12.3 Å². The molecule has 2 rings (SSSR count). The van der Waals surface area contributed by atoms with E-state index < -0.39 is 5.91 Å². The summed E-state index contributed by atoms with van der Waals surface area (Å²) in [6, 6.07) is 10.6. The first-order valence-corrected chi connectivity index (χ1v) is 7.11. The molecule has 0 radical (unpaired) electrons. The Labute approximate surface area is 133 Å². The maximum Gasteiger partial charge on any atom is 0.305 e. The number of rotatable bonds is 5. The number of hydrazine groups is 1. The van der Waals surface area contributed by atoms with E-state index in [2.05, 4.69) is 10.9 Å². The topological polar surface area (TPSA) is 75.8 Å². The molecule has 1 aromatic carbocycles. The third kappa shape index (κ3) is 4.61. The van der Waals surface area contributed by atoms with Crippen LogP contribution in [0.15, 0.2) is 47.1 Å². The Hall–Kier alpha value is -2.31. The van der Waals surface area contributed by atoms with Gasteiger partial charge in [-0.2, -0.15) is 0 Å². The standard InChI is InChI=1S/C15H16ClN3O3/c1-19(9-11-5-2-3-6-12(11)16)10-14(20)17-18-15(21)13-7-4-8-22-13/h2-8H,9-10H2,1H3,(H,17,20)(H,18,21)/p+1. The minimum atomic E-state index is -0.498. The van der Waals surface area contributed by atoms with Gasteiger partial charge in [0.2, 0.25) is 0 Å². The second-order valence-electron chi connectivity index (χ2n) is 4.88. The number of quaternary nitrogens is 1. The number of carbonyl (C=O) groups excluding carboxylic acids is 2. The Balaban J connectivity index is 1.77. The van der Waals surface area contributed by atoms with Crippen LogP contribution in [0.1, 0.15) is 16.1 Å². The molecule has 0 saturated heterocycles. The van der Waals surface area contributed by atoms with Crippen molar-refractivity contribution in [2.45, 2.75) is 6.54 Å². The number of halogens is 1. The molecular formula is C15H17ClN3O3+. The second-order valence-corrected chi connectivity index (χ2v) is 5.29. The molecule has 0 fully saturated rings. The number of nitrogens with one attached hydrogen (secondary N) is 3. The van der Waals surface area contributed by atoms with Gasteiger partial charge in [-0.05, 0) is 18.2 Å². The maximum absolute atomic E-state index is 11.8. The van der Waals surface area contributed by atoms with Crippen LogP contribution in [0.3, 0.4) is 0 Å². The van der Waals surface area contributed by atoms with E-state index in [0.29, 0.717) is 11.6 Å². The Morgan fingerprint density at radius 2 is 1.95 bits per heavy atom. The van der Waals surface area contributed by atoms with Crippen LogP contribution in [0.2, 0.25) is 5.02 Å². The molecule has 1 aromatic heterocycles. The molecule has 2 aromatic rings. The van der Waals surface area contributed by atoms with Gasteiger partial charge in [-0.15, -0.1) is 0 Å². The molecular weight excluding hydrogens is 306 g/mol. The molecule has 116 valence electrons. The van der Waals surface area contributed by atoms with Gasteiger partial charge >= 0.3 is 5.91 Å². The van der Waals surface area contributed by atoms with Crippen LogP contribution in [0.4, 0.5) is 0 Å². The molecule has 0 aliphatic rings. The van der Waals surface area contributed by atoms with E-state index in [1.54, 1.807) is 6.07 Å². The zero-order chi connectivity index (χ0) is 15.9. The van der Waals surface area contributed by atoms with Gasteiger partial charge in [0, 0.05) is 10.6 Å². The molecule has 1 unspecified atom stereocenters. The molecule has 7 heteroatoms. The predicted octanol–water partition coefficient (Wildman–Crippen LogP) is 0.409. The first kappa shape index (κ1) is 16.1. The average molecular weight is 323 g/mol. The Bertz CT molecular complexity index is 643. The lowest BCUT2D eigenvalue weighted by Gasteiger charge is -2.14. The minimum Gasteiger partial charge on any atom is -0.459 e. The molecule has 1 heterocycles. The van der Waals surface area contributed by atoms with Crippen LogP contribution in [0, 0.1) is 0 Å². The van der Waals surface area contributed by atoms with Gasteiger partial charge in [0.1, 0.15) is 6.54 Å². The summed E-state index contributed by atoms with van der Waals surface area (Å²) >= 11 is 6.08. The highest BCUT2D eigenvalue weighted by molar-refractivity contribution is 6.31. The fourth-order valence-corrected chi connectivity index (χ4v) is 2.15. The second kappa shape index (κ2) is 7.63. The molecule has 22 heavy (non-hydrogen) atoms. The molecule has 2 amide bonds. The first-order chi connectivity index (χ1) is 10.6. The highest BCUT2D eigenvalue weighted by Crippen LogP contribution is 2.13. The molecule has 0 aliphatic heterocycles. The first-order valence-electron chi connectivity index (χ1n) is 6.73. The van der Waals surface area contributed by atoms with Crippen molar-refractivity contribution >= 4 is 23.4 Å². The van der Waals surface area contributed by atoms with Crippen molar-refractivity contribution in [1.29, 1.82) is 0 Å². The zero-order valence-electron chi connectivity index (χ0n) is 12.1. The minimum absolute atomic E-state index is 0.136. The monoisotopic (exact) mass is 322 g/mol. The highest BCUT2D eigenvalue weighted by Gasteiger charge is 2.14. The van der Waals surface area contributed by atoms with E-state index >= 15 is 0 Å². The third-order valence-corrected chi connectivity index (χ3v) is 3.34. The summed E-state index contributed by atoms with van der Waals surface area (Å²) in [5, 5.41) is 0.674. The summed E-state index contributed by atoms with van der Waals surface area (Å²) < 4.78 is 4.92. The number of carbonyl (C=O) groups is 2. The van der Waals surface area contributed by atoms with Crippen LogP contribution in [0.5, 0.6) is 0 Å². The lowest BCUT2D eigenvalue weighted by Crippen LogP contribution is -3.09. The fourth-order valence-electron chi connectivity index (χ4n) is 1.94. The quantitative estimate of drug-likeness (QED) is 0.698.